The Balaban J connectivity index is 2.60. The Bertz CT molecular complexity index is 607. The average molecular weight is 282 g/mol. The van der Waals surface area contributed by atoms with E-state index in [9.17, 15) is 0 Å². The van der Waals surface area contributed by atoms with E-state index >= 15 is 0 Å². The van der Waals surface area contributed by atoms with Crippen LogP contribution in [0.3, 0.4) is 0 Å². The molecule has 0 aliphatic carbocycles. The van der Waals surface area contributed by atoms with Crippen LogP contribution in [0.2, 0.25) is 0 Å². The van der Waals surface area contributed by atoms with Crippen molar-refractivity contribution < 1.29 is 4.57 Å². The Labute approximate surface area is 129 Å². The van der Waals surface area contributed by atoms with Crippen molar-refractivity contribution in [1.29, 1.82) is 0 Å². The van der Waals surface area contributed by atoms with E-state index in [4.69, 9.17) is 0 Å². The molecule has 112 valence electrons. The molecule has 0 amide bonds. The topological polar surface area (TPSA) is 3.88 Å². The van der Waals surface area contributed by atoms with E-state index in [1.807, 2.05) is 0 Å². The van der Waals surface area contributed by atoms with Crippen molar-refractivity contribution in [1.82, 2.24) is 0 Å². The van der Waals surface area contributed by atoms with Crippen molar-refractivity contribution in [3.05, 3.63) is 52.3 Å². The van der Waals surface area contributed by atoms with Gasteiger partial charge >= 0.3 is 0 Å². The van der Waals surface area contributed by atoms with Crippen molar-refractivity contribution in [2.45, 2.75) is 60.9 Å². The Morgan fingerprint density at radius 1 is 0.810 bits per heavy atom. The van der Waals surface area contributed by atoms with Crippen LogP contribution in [0.5, 0.6) is 0 Å². The lowest BCUT2D eigenvalue weighted by Gasteiger charge is -2.15. The smallest absolute Gasteiger partial charge is 0.181 e. The van der Waals surface area contributed by atoms with Crippen LogP contribution in [-0.2, 0) is 6.54 Å². The van der Waals surface area contributed by atoms with Crippen molar-refractivity contribution in [2.24, 2.45) is 0 Å². The zero-order valence-electron chi connectivity index (χ0n) is 14.4. The van der Waals surface area contributed by atoms with E-state index in [1.165, 1.54) is 52.0 Å². The minimum atomic E-state index is 1.13. The van der Waals surface area contributed by atoms with Crippen LogP contribution >= 0.6 is 0 Å². The minimum absolute atomic E-state index is 1.13. The minimum Gasteiger partial charge on any atom is -0.200 e. The summed E-state index contributed by atoms with van der Waals surface area (Å²) in [6, 6.07) is 8.91. The molecule has 0 radical (unpaired) electrons. The van der Waals surface area contributed by atoms with Gasteiger partial charge in [-0.05, 0) is 31.9 Å². The Kier molecular flexibility index (Phi) is 4.82. The fraction of sp³-hybridized carbons (Fsp3) is 0.450. The van der Waals surface area contributed by atoms with E-state index in [2.05, 4.69) is 70.4 Å². The molecule has 0 bridgehead atoms. The molecule has 21 heavy (non-hydrogen) atoms. The molecule has 1 heteroatoms. The lowest BCUT2D eigenvalue weighted by molar-refractivity contribution is -0.709. The van der Waals surface area contributed by atoms with Crippen molar-refractivity contribution >= 4 is 0 Å². The summed E-state index contributed by atoms with van der Waals surface area (Å²) >= 11 is 0. The number of unbranched alkanes of at least 4 members (excludes halogenated alkanes) is 1. The molecule has 0 aliphatic heterocycles. The maximum absolute atomic E-state index is 2.49. The molecule has 1 nitrogen and oxygen atoms in total. The molecule has 0 fully saturated rings. The number of rotatable bonds is 4. The molecule has 2 rings (SSSR count). The first-order valence-electron chi connectivity index (χ1n) is 8.04. The van der Waals surface area contributed by atoms with Crippen molar-refractivity contribution in [2.75, 3.05) is 0 Å². The number of hydrogen-bond acceptors (Lipinski definition) is 0. The van der Waals surface area contributed by atoms with Crippen LogP contribution < -0.4 is 4.57 Å². The van der Waals surface area contributed by atoms with Gasteiger partial charge in [0.1, 0.15) is 6.54 Å². The van der Waals surface area contributed by atoms with Crippen molar-refractivity contribution in [3.8, 4) is 11.1 Å². The maximum atomic E-state index is 2.49. The van der Waals surface area contributed by atoms with Gasteiger partial charge in [-0.15, -0.1) is 0 Å². The highest BCUT2D eigenvalue weighted by molar-refractivity contribution is 5.71. The van der Waals surface area contributed by atoms with Gasteiger partial charge in [0.15, 0.2) is 11.4 Å². The molecular formula is C20H28N+. The third-order valence-corrected chi connectivity index (χ3v) is 4.72. The predicted octanol–water partition coefficient (Wildman–Crippen LogP) is 4.98. The van der Waals surface area contributed by atoms with Gasteiger partial charge in [-0.25, -0.2) is 0 Å². The first-order valence-corrected chi connectivity index (χ1v) is 8.04. The predicted molar refractivity (Wildman–Crippen MR) is 90.7 cm³/mol. The number of nitrogens with zero attached hydrogens (tertiary/aromatic N) is 1. The molecule has 0 spiro atoms. The second-order valence-electron chi connectivity index (χ2n) is 6.17. The highest BCUT2D eigenvalue weighted by atomic mass is 15.0. The maximum Gasteiger partial charge on any atom is 0.181 e. The number of aryl methyl sites for hydroxylation is 1. The van der Waals surface area contributed by atoms with E-state index in [-0.39, 0.29) is 0 Å². The monoisotopic (exact) mass is 282 g/mol. The molecular weight excluding hydrogens is 254 g/mol. The lowest BCUT2D eigenvalue weighted by Crippen LogP contribution is -2.42. The largest absolute Gasteiger partial charge is 0.200 e. The Morgan fingerprint density at radius 2 is 1.33 bits per heavy atom. The molecule has 1 aromatic heterocycles. The number of aromatic nitrogens is 1. The van der Waals surface area contributed by atoms with E-state index in [0.717, 1.165) is 6.54 Å². The van der Waals surface area contributed by atoms with E-state index in [1.54, 1.807) is 0 Å². The number of hydrogen-bond donors (Lipinski definition) is 0. The van der Waals surface area contributed by atoms with E-state index in [0.29, 0.717) is 0 Å². The second-order valence-corrected chi connectivity index (χ2v) is 6.17. The van der Waals surface area contributed by atoms with Gasteiger partial charge in [-0.2, -0.15) is 4.57 Å². The normalized spacial score (nSPS) is 11.0. The summed E-state index contributed by atoms with van der Waals surface area (Å²) in [4.78, 5) is 0. The fourth-order valence-corrected chi connectivity index (χ4v) is 3.10. The van der Waals surface area contributed by atoms with Crippen molar-refractivity contribution in [3.63, 3.8) is 0 Å². The summed E-state index contributed by atoms with van der Waals surface area (Å²) in [7, 11) is 0. The number of benzene rings is 1. The summed E-state index contributed by atoms with van der Waals surface area (Å²) in [6.07, 6.45) is 2.48. The van der Waals surface area contributed by atoms with Crippen LogP contribution in [0, 0.1) is 34.6 Å². The summed E-state index contributed by atoms with van der Waals surface area (Å²) in [5.41, 5.74) is 9.71. The molecule has 0 N–H and O–H groups in total. The van der Waals surface area contributed by atoms with Gasteiger partial charge in [0.05, 0.1) is 0 Å². The zero-order chi connectivity index (χ0) is 15.6. The van der Waals surface area contributed by atoms with Crippen LogP contribution in [-0.4, -0.2) is 0 Å². The molecule has 1 heterocycles. The fourth-order valence-electron chi connectivity index (χ4n) is 3.10. The summed E-state index contributed by atoms with van der Waals surface area (Å²) in [6.45, 7) is 14.6. The summed E-state index contributed by atoms with van der Waals surface area (Å²) < 4.78 is 2.49. The number of pyridine rings is 1. The van der Waals surface area contributed by atoms with Gasteiger partial charge in [0.25, 0.3) is 0 Å². The quantitative estimate of drug-likeness (QED) is 0.696. The molecule has 0 unspecified atom stereocenters. The average Bonchev–Trinajstić information content (AvgIpc) is 2.47. The van der Waals surface area contributed by atoms with Gasteiger partial charge in [-0.1, -0.05) is 43.2 Å². The van der Waals surface area contributed by atoms with Crippen LogP contribution in [0.25, 0.3) is 11.1 Å². The highest BCUT2D eigenvalue weighted by Gasteiger charge is 2.21. The SMILES string of the molecule is CCCC[n+]1c(C)c(C)c(-c2ccc(C)cc2)c(C)c1C. The molecule has 2 aromatic rings. The zero-order valence-corrected chi connectivity index (χ0v) is 14.4. The van der Waals surface area contributed by atoms with Crippen LogP contribution in [0.15, 0.2) is 24.3 Å². The molecule has 1 aromatic carbocycles. The van der Waals surface area contributed by atoms with Crippen LogP contribution in [0.1, 0.15) is 47.8 Å². The standard InChI is InChI=1S/C20H28N/c1-7-8-13-21-17(5)15(3)20(16(4)18(21)6)19-11-9-14(2)10-12-19/h9-12H,7-8,13H2,1-6H3/q+1. The molecule has 0 saturated carbocycles. The molecule has 0 saturated heterocycles. The first kappa shape index (κ1) is 15.8. The lowest BCUT2D eigenvalue weighted by atomic mass is 9.93. The van der Waals surface area contributed by atoms with Crippen LogP contribution in [0.4, 0.5) is 0 Å². The van der Waals surface area contributed by atoms with Gasteiger partial charge in [0, 0.05) is 31.4 Å². The van der Waals surface area contributed by atoms with E-state index < -0.39 is 0 Å². The highest BCUT2D eigenvalue weighted by Crippen LogP contribution is 2.29. The summed E-state index contributed by atoms with van der Waals surface area (Å²) in [5.74, 6) is 0. The Morgan fingerprint density at radius 3 is 1.81 bits per heavy atom. The first-order chi connectivity index (χ1) is 9.97. The van der Waals surface area contributed by atoms with Gasteiger partial charge in [-0.3, -0.25) is 0 Å². The third-order valence-electron chi connectivity index (χ3n) is 4.72. The summed E-state index contributed by atoms with van der Waals surface area (Å²) in [5, 5.41) is 0. The second kappa shape index (κ2) is 6.43. The molecule has 0 aliphatic rings. The molecule has 0 atom stereocenters. The third kappa shape index (κ3) is 3.02. The van der Waals surface area contributed by atoms with Gasteiger partial charge in [0.2, 0.25) is 0 Å². The van der Waals surface area contributed by atoms with Gasteiger partial charge < -0.3 is 0 Å². The Hall–Kier alpha value is -1.63.